The fourth-order valence-electron chi connectivity index (χ4n) is 4.80. The molecule has 2 aromatic heterocycles. The zero-order chi connectivity index (χ0) is 30.5. The van der Waals surface area contributed by atoms with E-state index in [-0.39, 0.29) is 40.5 Å². The molecule has 5 atom stereocenters. The Labute approximate surface area is 261 Å². The van der Waals surface area contributed by atoms with Crippen LogP contribution in [-0.4, -0.2) is 54.5 Å². The van der Waals surface area contributed by atoms with E-state index in [2.05, 4.69) is 136 Å². The molecule has 0 aliphatic carbocycles. The lowest BCUT2D eigenvalue weighted by molar-refractivity contribution is -0.0806. The summed E-state index contributed by atoms with van der Waals surface area (Å²) < 4.78 is 24.7. The minimum absolute atomic E-state index is 0.0415. The van der Waals surface area contributed by atoms with Crippen molar-refractivity contribution in [2.75, 3.05) is 5.73 Å². The quantitative estimate of drug-likeness (QED) is 0.188. The summed E-state index contributed by atoms with van der Waals surface area (Å²) in [6, 6.07) is 8.76. The monoisotopic (exact) mass is 709 g/mol. The lowest BCUT2D eigenvalue weighted by Gasteiger charge is -2.45. The van der Waals surface area contributed by atoms with Crippen LogP contribution in [0.2, 0.25) is 36.3 Å². The number of imidazole rings is 1. The number of rotatable bonds is 8. The van der Waals surface area contributed by atoms with Gasteiger partial charge in [0.05, 0.1) is 18.5 Å². The highest BCUT2D eigenvalue weighted by molar-refractivity contribution is 14.1. The SMILES string of the molecule is CC(c1ccc(I)cc1)C(O[Si](C)(C)C(C)(C)C)[C@H]1O[C@@H](n2cnc3c(N)ncnc32)C[C@@H]1O[Si](C)(C)C(C)(C)C. The van der Waals surface area contributed by atoms with Crippen LogP contribution in [-0.2, 0) is 13.6 Å². The van der Waals surface area contributed by atoms with Crippen molar-refractivity contribution in [3.63, 3.8) is 0 Å². The van der Waals surface area contributed by atoms with Gasteiger partial charge in [-0.05, 0) is 76.6 Å². The summed E-state index contributed by atoms with van der Waals surface area (Å²) in [4.78, 5) is 13.2. The van der Waals surface area contributed by atoms with Gasteiger partial charge < -0.3 is 19.3 Å². The average molecular weight is 710 g/mol. The molecule has 1 aliphatic heterocycles. The number of nitrogens with two attached hydrogens (primary N) is 1. The van der Waals surface area contributed by atoms with Gasteiger partial charge in [-0.25, -0.2) is 15.0 Å². The molecule has 1 aromatic carbocycles. The number of ether oxygens (including phenoxy) is 1. The van der Waals surface area contributed by atoms with Crippen LogP contribution in [0.5, 0.6) is 0 Å². The van der Waals surface area contributed by atoms with Gasteiger partial charge in [0.2, 0.25) is 0 Å². The highest BCUT2D eigenvalue weighted by Gasteiger charge is 2.51. The second-order valence-electron chi connectivity index (χ2n) is 14.5. The zero-order valence-corrected chi connectivity index (χ0v) is 30.7. The first-order valence-electron chi connectivity index (χ1n) is 14.5. The molecule has 1 fully saturated rings. The first-order valence-corrected chi connectivity index (χ1v) is 21.4. The van der Waals surface area contributed by atoms with Gasteiger partial charge in [-0.2, -0.15) is 0 Å². The largest absolute Gasteiger partial charge is 0.411 e. The van der Waals surface area contributed by atoms with Crippen molar-refractivity contribution < 1.29 is 13.6 Å². The Bertz CT molecular complexity index is 1350. The second-order valence-corrected chi connectivity index (χ2v) is 25.2. The number of anilines is 1. The summed E-state index contributed by atoms with van der Waals surface area (Å²) in [5.41, 5.74) is 8.62. The van der Waals surface area contributed by atoms with Gasteiger partial charge in [-0.15, -0.1) is 0 Å². The third kappa shape index (κ3) is 6.74. The van der Waals surface area contributed by atoms with Gasteiger partial charge in [0, 0.05) is 15.9 Å². The third-order valence-corrected chi connectivity index (χ3v) is 19.2. The summed E-state index contributed by atoms with van der Waals surface area (Å²) in [7, 11) is -4.34. The molecule has 0 radical (unpaired) electrons. The molecule has 4 rings (SSSR count). The normalized spacial score (nSPS) is 22.3. The third-order valence-electron chi connectivity index (χ3n) is 9.51. The predicted octanol–water partition coefficient (Wildman–Crippen LogP) is 7.89. The molecule has 226 valence electrons. The van der Waals surface area contributed by atoms with E-state index in [1.54, 1.807) is 6.33 Å². The second kappa shape index (κ2) is 11.6. The fraction of sp³-hybridized carbons (Fsp3) is 0.633. The number of aromatic nitrogens is 4. The molecule has 41 heavy (non-hydrogen) atoms. The van der Waals surface area contributed by atoms with Gasteiger partial charge in [-0.1, -0.05) is 60.6 Å². The van der Waals surface area contributed by atoms with Crippen LogP contribution in [0.15, 0.2) is 36.9 Å². The molecule has 0 amide bonds. The van der Waals surface area contributed by atoms with Crippen molar-refractivity contribution in [2.24, 2.45) is 0 Å². The Morgan fingerprint density at radius 1 is 0.976 bits per heavy atom. The molecule has 3 heterocycles. The number of fused-ring (bicyclic) bond motifs is 1. The molecule has 2 unspecified atom stereocenters. The Kier molecular flexibility index (Phi) is 9.21. The molecule has 2 N–H and O–H groups in total. The van der Waals surface area contributed by atoms with E-state index < -0.39 is 16.6 Å². The Morgan fingerprint density at radius 3 is 2.17 bits per heavy atom. The number of hydrogen-bond acceptors (Lipinski definition) is 7. The molecule has 3 aromatic rings. The van der Waals surface area contributed by atoms with Crippen LogP contribution in [0.3, 0.4) is 0 Å². The Hall–Kier alpha value is -1.39. The first kappa shape index (κ1) is 32.5. The summed E-state index contributed by atoms with van der Waals surface area (Å²) in [6.45, 7) is 25.2. The van der Waals surface area contributed by atoms with Gasteiger partial charge in [-0.3, -0.25) is 4.57 Å². The fourth-order valence-corrected chi connectivity index (χ4v) is 7.88. The first-order chi connectivity index (χ1) is 18.8. The Balaban J connectivity index is 1.80. The number of halogens is 1. The van der Waals surface area contributed by atoms with E-state index in [1.165, 1.54) is 15.5 Å². The van der Waals surface area contributed by atoms with Crippen LogP contribution in [0, 0.1) is 3.57 Å². The van der Waals surface area contributed by atoms with E-state index in [0.29, 0.717) is 23.4 Å². The van der Waals surface area contributed by atoms with E-state index in [4.69, 9.17) is 19.3 Å². The summed E-state index contributed by atoms with van der Waals surface area (Å²) in [5.74, 6) is 0.455. The van der Waals surface area contributed by atoms with Crippen LogP contribution in [0.1, 0.15) is 72.6 Å². The molecule has 11 heteroatoms. The maximum Gasteiger partial charge on any atom is 0.192 e. The standard InChI is InChI=1S/C30H48IN5O3Si2/c1-19(20-12-14-21(31)15-13-20)25(39-41(10,11)30(5,6)7)26-22(38-40(8,9)29(2,3)4)16-23(37-26)36-18-35-24-27(32)33-17-34-28(24)36/h12-15,17-19,22-23,25-26H,16H2,1-11H3,(H2,32,33,34)/t19?,22-,23+,25?,26-/m0/s1. The van der Waals surface area contributed by atoms with Crippen molar-refractivity contribution in [1.82, 2.24) is 19.5 Å². The highest BCUT2D eigenvalue weighted by Crippen LogP contribution is 2.46. The molecule has 0 saturated carbocycles. The van der Waals surface area contributed by atoms with Crippen molar-refractivity contribution in [3.05, 3.63) is 46.1 Å². The lowest BCUT2D eigenvalue weighted by Crippen LogP contribution is -2.53. The maximum absolute atomic E-state index is 7.31. The molecule has 0 spiro atoms. The van der Waals surface area contributed by atoms with E-state index in [9.17, 15) is 0 Å². The summed E-state index contributed by atoms with van der Waals surface area (Å²) in [5, 5.41) is 0.0936. The zero-order valence-electron chi connectivity index (χ0n) is 26.5. The minimum atomic E-state index is -2.19. The summed E-state index contributed by atoms with van der Waals surface area (Å²) in [6.07, 6.45) is 2.96. The Morgan fingerprint density at radius 2 is 1.59 bits per heavy atom. The maximum atomic E-state index is 7.31. The van der Waals surface area contributed by atoms with Gasteiger partial charge >= 0.3 is 0 Å². The molecular weight excluding hydrogens is 661 g/mol. The van der Waals surface area contributed by atoms with E-state index >= 15 is 0 Å². The smallest absolute Gasteiger partial charge is 0.192 e. The number of hydrogen-bond donors (Lipinski definition) is 1. The van der Waals surface area contributed by atoms with Crippen molar-refractivity contribution in [2.45, 2.75) is 122 Å². The van der Waals surface area contributed by atoms with Gasteiger partial charge in [0.25, 0.3) is 0 Å². The molecule has 0 bridgehead atoms. The van der Waals surface area contributed by atoms with Crippen molar-refractivity contribution >= 4 is 56.2 Å². The van der Waals surface area contributed by atoms with Crippen LogP contribution in [0.4, 0.5) is 5.82 Å². The summed E-state index contributed by atoms with van der Waals surface area (Å²) >= 11 is 2.36. The minimum Gasteiger partial charge on any atom is -0.411 e. The topological polar surface area (TPSA) is 97.3 Å². The highest BCUT2D eigenvalue weighted by atomic mass is 127. The number of benzene rings is 1. The molecule has 1 saturated heterocycles. The van der Waals surface area contributed by atoms with Crippen molar-refractivity contribution in [3.8, 4) is 0 Å². The number of nitrogen functional groups attached to an aromatic ring is 1. The predicted molar refractivity (Wildman–Crippen MR) is 180 cm³/mol. The molecular formula is C30H48IN5O3Si2. The van der Waals surface area contributed by atoms with Gasteiger partial charge in [0.15, 0.2) is 28.1 Å². The van der Waals surface area contributed by atoms with Crippen molar-refractivity contribution in [1.29, 1.82) is 0 Å². The van der Waals surface area contributed by atoms with E-state index in [0.717, 1.165) is 0 Å². The van der Waals surface area contributed by atoms with Crippen LogP contribution in [0.25, 0.3) is 11.2 Å². The molecule has 8 nitrogen and oxygen atoms in total. The van der Waals surface area contributed by atoms with E-state index in [1.807, 2.05) is 4.57 Å². The van der Waals surface area contributed by atoms with Gasteiger partial charge in [0.1, 0.15) is 24.2 Å². The average Bonchev–Trinajstić information content (AvgIpc) is 3.46. The van der Waals surface area contributed by atoms with Crippen LogP contribution >= 0.6 is 22.6 Å². The van der Waals surface area contributed by atoms with Crippen LogP contribution < -0.4 is 5.73 Å². The number of nitrogens with zero attached hydrogens (tertiary/aromatic N) is 4. The lowest BCUT2D eigenvalue weighted by atomic mass is 9.90. The molecule has 1 aliphatic rings.